The molecule has 1 aliphatic heterocycles. The zero-order valence-electron chi connectivity index (χ0n) is 11.9. The largest absolute Gasteiger partial charge is 0.370 e. The fraction of sp³-hybridized carbons (Fsp3) is 0.562. The Morgan fingerprint density at radius 3 is 2.71 bits per heavy atom. The predicted molar refractivity (Wildman–Crippen MR) is 78.5 cm³/mol. The summed E-state index contributed by atoms with van der Waals surface area (Å²) < 4.78 is 18.7. The van der Waals surface area contributed by atoms with E-state index in [4.69, 9.17) is 16.3 Å². The van der Waals surface area contributed by atoms with Crippen LogP contribution in [0.5, 0.6) is 0 Å². The molecule has 0 radical (unpaired) electrons. The molecular weight excluding hydrogens is 293 g/mol. The van der Waals surface area contributed by atoms with Crippen LogP contribution in [-0.4, -0.2) is 30.0 Å². The molecule has 2 fully saturated rings. The third kappa shape index (κ3) is 3.38. The number of hydrogen-bond acceptors (Lipinski definition) is 2. The van der Waals surface area contributed by atoms with Crippen LogP contribution in [0.4, 0.5) is 4.39 Å². The summed E-state index contributed by atoms with van der Waals surface area (Å²) in [6, 6.07) is 4.30. The second-order valence-corrected chi connectivity index (χ2v) is 6.30. The highest BCUT2D eigenvalue weighted by Gasteiger charge is 2.35. The first kappa shape index (κ1) is 14.8. The zero-order chi connectivity index (χ0) is 14.8. The van der Waals surface area contributed by atoms with Crippen molar-refractivity contribution < 1.29 is 13.9 Å². The quantitative estimate of drug-likeness (QED) is 0.853. The molecule has 1 saturated heterocycles. The molecule has 0 spiro atoms. The van der Waals surface area contributed by atoms with Gasteiger partial charge in [-0.15, -0.1) is 0 Å². The van der Waals surface area contributed by atoms with Crippen molar-refractivity contribution in [3.05, 3.63) is 34.6 Å². The van der Waals surface area contributed by atoms with Crippen LogP contribution in [0, 0.1) is 11.7 Å². The number of hydrogen-bond donors (Lipinski definition) is 0. The Kier molecular flexibility index (Phi) is 4.45. The first-order chi connectivity index (χ1) is 10.1. The number of likely N-dealkylation sites (tertiary alicyclic amines) is 1. The van der Waals surface area contributed by atoms with Gasteiger partial charge in [0.25, 0.3) is 0 Å². The second kappa shape index (κ2) is 6.32. The van der Waals surface area contributed by atoms with E-state index in [0.717, 1.165) is 18.4 Å². The number of carbonyl (C=O) groups is 1. The summed E-state index contributed by atoms with van der Waals surface area (Å²) in [6.45, 7) is 1.68. The van der Waals surface area contributed by atoms with Gasteiger partial charge in [0.15, 0.2) is 0 Å². The summed E-state index contributed by atoms with van der Waals surface area (Å²) in [5, 5.41) is 0.383. The van der Waals surface area contributed by atoms with Gasteiger partial charge in [0.2, 0.25) is 5.91 Å². The Bertz CT molecular complexity index is 525. The van der Waals surface area contributed by atoms with E-state index >= 15 is 0 Å². The molecule has 0 unspecified atom stereocenters. The van der Waals surface area contributed by atoms with Crippen LogP contribution in [0.15, 0.2) is 18.2 Å². The van der Waals surface area contributed by atoms with Crippen LogP contribution in [0.25, 0.3) is 0 Å². The van der Waals surface area contributed by atoms with E-state index < -0.39 is 0 Å². The molecule has 3 nitrogen and oxygen atoms in total. The number of halogens is 2. The van der Waals surface area contributed by atoms with Crippen molar-refractivity contribution in [1.29, 1.82) is 0 Å². The van der Waals surface area contributed by atoms with Gasteiger partial charge in [0.05, 0.1) is 12.7 Å². The lowest BCUT2D eigenvalue weighted by molar-refractivity contribution is -0.150. The van der Waals surface area contributed by atoms with Gasteiger partial charge in [0, 0.05) is 24.0 Å². The highest BCUT2D eigenvalue weighted by atomic mass is 35.5. The maximum Gasteiger partial charge on any atom is 0.225 e. The van der Waals surface area contributed by atoms with E-state index in [9.17, 15) is 9.18 Å². The Morgan fingerprint density at radius 1 is 1.33 bits per heavy atom. The first-order valence-electron chi connectivity index (χ1n) is 7.48. The van der Waals surface area contributed by atoms with Gasteiger partial charge in [-0.2, -0.15) is 0 Å². The lowest BCUT2D eigenvalue weighted by Gasteiger charge is -2.40. The van der Waals surface area contributed by atoms with Crippen LogP contribution in [0.1, 0.15) is 31.2 Å². The van der Waals surface area contributed by atoms with Gasteiger partial charge in [-0.25, -0.2) is 4.39 Å². The third-order valence-electron chi connectivity index (χ3n) is 4.35. The zero-order valence-corrected chi connectivity index (χ0v) is 12.6. The summed E-state index contributed by atoms with van der Waals surface area (Å²) >= 11 is 5.95. The van der Waals surface area contributed by atoms with Crippen molar-refractivity contribution in [3.8, 4) is 0 Å². The minimum Gasteiger partial charge on any atom is -0.370 e. The fourth-order valence-electron chi connectivity index (χ4n) is 3.00. The smallest absolute Gasteiger partial charge is 0.225 e. The standard InChI is InChI=1S/C16H19ClFNO2/c17-15-7-13(18)6-5-12(15)10-21-14-8-19(9-14)16(20)11-3-1-2-4-11/h5-7,11,14H,1-4,8-10H2. The van der Waals surface area contributed by atoms with Crippen LogP contribution in [0.3, 0.4) is 0 Å². The average Bonchev–Trinajstić information content (AvgIpc) is 2.92. The summed E-state index contributed by atoms with van der Waals surface area (Å²) in [7, 11) is 0. The molecule has 1 aliphatic carbocycles. The molecule has 1 aromatic carbocycles. The van der Waals surface area contributed by atoms with E-state index in [1.807, 2.05) is 4.90 Å². The monoisotopic (exact) mass is 311 g/mol. The Balaban J connectivity index is 1.43. The number of benzene rings is 1. The molecular formula is C16H19ClFNO2. The highest BCUT2D eigenvalue weighted by molar-refractivity contribution is 6.31. The number of amides is 1. The van der Waals surface area contributed by atoms with E-state index in [0.29, 0.717) is 24.7 Å². The SMILES string of the molecule is O=C(C1CCCC1)N1CC(OCc2ccc(F)cc2Cl)C1. The average molecular weight is 312 g/mol. The number of carbonyl (C=O) groups excluding carboxylic acids is 1. The third-order valence-corrected chi connectivity index (χ3v) is 4.71. The molecule has 0 N–H and O–H groups in total. The van der Waals surface area contributed by atoms with Crippen molar-refractivity contribution in [2.45, 2.75) is 38.4 Å². The normalized spacial score (nSPS) is 19.8. The van der Waals surface area contributed by atoms with E-state index in [-0.39, 0.29) is 23.7 Å². The Hall–Kier alpha value is -1.13. The van der Waals surface area contributed by atoms with E-state index in [2.05, 4.69) is 0 Å². The number of nitrogens with zero attached hydrogens (tertiary/aromatic N) is 1. The van der Waals surface area contributed by atoms with Crippen LogP contribution in [-0.2, 0) is 16.1 Å². The maximum atomic E-state index is 12.9. The van der Waals surface area contributed by atoms with E-state index in [1.165, 1.54) is 25.0 Å². The summed E-state index contributed by atoms with van der Waals surface area (Å²) in [6.07, 6.45) is 4.48. The number of rotatable bonds is 4. The summed E-state index contributed by atoms with van der Waals surface area (Å²) in [4.78, 5) is 14.0. The topological polar surface area (TPSA) is 29.5 Å². The highest BCUT2D eigenvalue weighted by Crippen LogP contribution is 2.29. The van der Waals surface area contributed by atoms with Crippen molar-refractivity contribution in [3.63, 3.8) is 0 Å². The van der Waals surface area contributed by atoms with Gasteiger partial charge < -0.3 is 9.64 Å². The Morgan fingerprint density at radius 2 is 2.05 bits per heavy atom. The molecule has 21 heavy (non-hydrogen) atoms. The fourth-order valence-corrected chi connectivity index (χ4v) is 3.22. The van der Waals surface area contributed by atoms with Crippen LogP contribution < -0.4 is 0 Å². The molecule has 1 aromatic rings. The second-order valence-electron chi connectivity index (χ2n) is 5.89. The van der Waals surface area contributed by atoms with Crippen LogP contribution >= 0.6 is 11.6 Å². The maximum absolute atomic E-state index is 12.9. The van der Waals surface area contributed by atoms with E-state index in [1.54, 1.807) is 6.07 Å². The molecule has 5 heteroatoms. The molecule has 1 heterocycles. The Labute approximate surface area is 129 Å². The van der Waals surface area contributed by atoms with Crippen molar-refractivity contribution in [1.82, 2.24) is 4.90 Å². The first-order valence-corrected chi connectivity index (χ1v) is 7.85. The molecule has 0 aromatic heterocycles. The van der Waals surface area contributed by atoms with Gasteiger partial charge in [-0.3, -0.25) is 4.79 Å². The molecule has 2 aliphatic rings. The lowest BCUT2D eigenvalue weighted by Crippen LogP contribution is -2.56. The van der Waals surface area contributed by atoms with Gasteiger partial charge in [-0.05, 0) is 30.5 Å². The van der Waals surface area contributed by atoms with Gasteiger partial charge >= 0.3 is 0 Å². The van der Waals surface area contributed by atoms with Gasteiger partial charge in [-0.1, -0.05) is 30.5 Å². The summed E-state index contributed by atoms with van der Waals surface area (Å²) in [5.74, 6) is 0.172. The molecule has 1 saturated carbocycles. The minimum atomic E-state index is -0.347. The molecule has 1 amide bonds. The predicted octanol–water partition coefficient (Wildman–Crippen LogP) is 3.40. The molecule has 3 rings (SSSR count). The van der Waals surface area contributed by atoms with Crippen LogP contribution in [0.2, 0.25) is 5.02 Å². The van der Waals surface area contributed by atoms with Crippen molar-refractivity contribution in [2.75, 3.05) is 13.1 Å². The van der Waals surface area contributed by atoms with Crippen molar-refractivity contribution >= 4 is 17.5 Å². The molecule has 114 valence electrons. The van der Waals surface area contributed by atoms with Crippen molar-refractivity contribution in [2.24, 2.45) is 5.92 Å². The van der Waals surface area contributed by atoms with Gasteiger partial charge in [0.1, 0.15) is 5.82 Å². The molecule has 0 bridgehead atoms. The lowest BCUT2D eigenvalue weighted by atomic mass is 10.0. The molecule has 0 atom stereocenters. The number of ether oxygens (including phenoxy) is 1. The minimum absolute atomic E-state index is 0.0662. The summed E-state index contributed by atoms with van der Waals surface area (Å²) in [5.41, 5.74) is 0.777.